The van der Waals surface area contributed by atoms with Crippen molar-refractivity contribution in [3.05, 3.63) is 71.3 Å². The van der Waals surface area contributed by atoms with Crippen LogP contribution in [-0.4, -0.2) is 20.5 Å². The molecule has 2 unspecified atom stereocenters. The highest BCUT2D eigenvalue weighted by molar-refractivity contribution is 7.89. The number of benzene rings is 2. The molecule has 0 amide bonds. The first-order valence-electron chi connectivity index (χ1n) is 7.90. The molecule has 5 nitrogen and oxygen atoms in total. The molecular formula is C19H19NO4S. The van der Waals surface area contributed by atoms with Gasteiger partial charge in [0.15, 0.2) is 0 Å². The Bertz CT molecular complexity index is 917. The van der Waals surface area contributed by atoms with Gasteiger partial charge in [-0.25, -0.2) is 8.42 Å². The van der Waals surface area contributed by atoms with Crippen molar-refractivity contribution in [2.24, 2.45) is 0 Å². The summed E-state index contributed by atoms with van der Waals surface area (Å²) in [4.78, 5) is 11.6. The summed E-state index contributed by atoms with van der Waals surface area (Å²) >= 11 is 0. The molecule has 0 heterocycles. The molecule has 2 aromatic carbocycles. The smallest absolute Gasteiger partial charge is 0.303 e. The standard InChI is InChI=1S/C19H19NO4S/c1-13-7-10-16(11-8-13)25(22,23)20-19-17-6-4-3-5-15(17)9-12-18(19)24-14(2)21/h3-12,18-20H,1-2H3. The molecule has 0 aliphatic heterocycles. The van der Waals surface area contributed by atoms with Gasteiger partial charge in [-0.05, 0) is 36.3 Å². The van der Waals surface area contributed by atoms with Crippen molar-refractivity contribution < 1.29 is 17.9 Å². The molecule has 0 radical (unpaired) electrons. The summed E-state index contributed by atoms with van der Waals surface area (Å²) in [5, 5.41) is 0. The quantitative estimate of drug-likeness (QED) is 0.854. The Hall–Kier alpha value is -2.44. The fourth-order valence-corrected chi connectivity index (χ4v) is 4.04. The summed E-state index contributed by atoms with van der Waals surface area (Å²) in [7, 11) is -3.76. The number of nitrogens with one attached hydrogen (secondary N) is 1. The Morgan fingerprint density at radius 1 is 1.08 bits per heavy atom. The fraction of sp³-hybridized carbons (Fsp3) is 0.211. The second kappa shape index (κ2) is 6.82. The van der Waals surface area contributed by atoms with Crippen molar-refractivity contribution in [3.8, 4) is 0 Å². The second-order valence-corrected chi connectivity index (χ2v) is 7.69. The Kier molecular flexibility index (Phi) is 4.74. The highest BCUT2D eigenvalue weighted by Gasteiger charge is 2.32. The number of aryl methyl sites for hydroxylation is 1. The topological polar surface area (TPSA) is 72.5 Å². The molecule has 0 bridgehead atoms. The van der Waals surface area contributed by atoms with Gasteiger partial charge >= 0.3 is 5.97 Å². The number of carbonyl (C=O) groups is 1. The molecule has 0 saturated heterocycles. The van der Waals surface area contributed by atoms with Crippen LogP contribution in [0.3, 0.4) is 0 Å². The summed E-state index contributed by atoms with van der Waals surface area (Å²) in [6.07, 6.45) is 2.83. The molecule has 2 atom stereocenters. The average Bonchev–Trinajstić information content (AvgIpc) is 2.57. The maximum absolute atomic E-state index is 12.8. The number of hydrogen-bond acceptors (Lipinski definition) is 4. The van der Waals surface area contributed by atoms with E-state index in [9.17, 15) is 13.2 Å². The van der Waals surface area contributed by atoms with E-state index in [0.29, 0.717) is 0 Å². The molecule has 1 N–H and O–H groups in total. The first kappa shape index (κ1) is 17.4. The zero-order valence-corrected chi connectivity index (χ0v) is 14.8. The lowest BCUT2D eigenvalue weighted by Gasteiger charge is -2.29. The molecule has 0 aromatic heterocycles. The van der Waals surface area contributed by atoms with Crippen LogP contribution >= 0.6 is 0 Å². The van der Waals surface area contributed by atoms with Crippen molar-refractivity contribution in [2.75, 3.05) is 0 Å². The maximum atomic E-state index is 12.8. The highest BCUT2D eigenvalue weighted by Crippen LogP contribution is 2.31. The van der Waals surface area contributed by atoms with Gasteiger partial charge in [-0.2, -0.15) is 4.72 Å². The first-order chi connectivity index (χ1) is 11.9. The summed E-state index contributed by atoms with van der Waals surface area (Å²) in [5.41, 5.74) is 2.64. The van der Waals surface area contributed by atoms with E-state index in [1.54, 1.807) is 30.3 Å². The third-order valence-corrected chi connectivity index (χ3v) is 5.50. The zero-order chi connectivity index (χ0) is 18.0. The van der Waals surface area contributed by atoms with Gasteiger partial charge < -0.3 is 4.74 Å². The third kappa shape index (κ3) is 3.81. The van der Waals surface area contributed by atoms with Crippen LogP contribution in [0.1, 0.15) is 29.7 Å². The van der Waals surface area contributed by atoms with Gasteiger partial charge in [0, 0.05) is 6.92 Å². The molecule has 0 saturated carbocycles. The van der Waals surface area contributed by atoms with Crippen molar-refractivity contribution in [1.82, 2.24) is 4.72 Å². The van der Waals surface area contributed by atoms with Gasteiger partial charge in [-0.3, -0.25) is 4.79 Å². The van der Waals surface area contributed by atoms with Gasteiger partial charge in [-0.15, -0.1) is 0 Å². The number of hydrogen-bond donors (Lipinski definition) is 1. The molecule has 25 heavy (non-hydrogen) atoms. The minimum Gasteiger partial charge on any atom is -0.456 e. The minimum atomic E-state index is -3.76. The van der Waals surface area contributed by atoms with E-state index < -0.39 is 28.1 Å². The Balaban J connectivity index is 1.97. The average molecular weight is 357 g/mol. The number of carbonyl (C=O) groups excluding carboxylic acids is 1. The van der Waals surface area contributed by atoms with Crippen molar-refractivity contribution >= 4 is 22.1 Å². The number of sulfonamides is 1. The van der Waals surface area contributed by atoms with E-state index in [1.165, 1.54) is 6.92 Å². The molecule has 6 heteroatoms. The van der Waals surface area contributed by atoms with Crippen LogP contribution in [0, 0.1) is 6.92 Å². The number of ether oxygens (including phenoxy) is 1. The van der Waals surface area contributed by atoms with Gasteiger partial charge in [-0.1, -0.05) is 48.0 Å². The van der Waals surface area contributed by atoms with Crippen molar-refractivity contribution in [1.29, 1.82) is 0 Å². The van der Waals surface area contributed by atoms with E-state index in [0.717, 1.165) is 16.7 Å². The molecule has 1 aliphatic rings. The predicted octanol–water partition coefficient (Wildman–Crippen LogP) is 2.97. The number of fused-ring (bicyclic) bond motifs is 1. The molecular weight excluding hydrogens is 338 g/mol. The molecule has 130 valence electrons. The summed E-state index contributed by atoms with van der Waals surface area (Å²) < 4.78 is 33.5. The van der Waals surface area contributed by atoms with Crippen LogP contribution < -0.4 is 4.72 Å². The minimum absolute atomic E-state index is 0.173. The van der Waals surface area contributed by atoms with Gasteiger partial charge in [0.1, 0.15) is 6.10 Å². The van der Waals surface area contributed by atoms with Crippen molar-refractivity contribution in [3.63, 3.8) is 0 Å². The summed E-state index contributed by atoms with van der Waals surface area (Å²) in [5.74, 6) is -0.464. The predicted molar refractivity (Wildman–Crippen MR) is 95.3 cm³/mol. The van der Waals surface area contributed by atoms with Crippen LogP contribution in [0.2, 0.25) is 0 Å². The van der Waals surface area contributed by atoms with Gasteiger partial charge in [0.2, 0.25) is 10.0 Å². The second-order valence-electron chi connectivity index (χ2n) is 5.97. The SMILES string of the molecule is CC(=O)OC1C=Cc2ccccc2C1NS(=O)(=O)c1ccc(C)cc1. The van der Waals surface area contributed by atoms with E-state index in [1.807, 2.05) is 37.3 Å². The van der Waals surface area contributed by atoms with Crippen LogP contribution in [0.4, 0.5) is 0 Å². The first-order valence-corrected chi connectivity index (χ1v) is 9.38. The van der Waals surface area contributed by atoms with E-state index in [-0.39, 0.29) is 4.90 Å². The number of rotatable bonds is 4. The van der Waals surface area contributed by atoms with E-state index >= 15 is 0 Å². The lowest BCUT2D eigenvalue weighted by Crippen LogP contribution is -2.39. The molecule has 2 aromatic rings. The van der Waals surface area contributed by atoms with E-state index in [2.05, 4.69) is 4.72 Å². The van der Waals surface area contributed by atoms with E-state index in [4.69, 9.17) is 4.74 Å². The van der Waals surface area contributed by atoms with Crippen molar-refractivity contribution in [2.45, 2.75) is 30.9 Å². The number of esters is 1. The van der Waals surface area contributed by atoms with Crippen LogP contribution in [0.5, 0.6) is 0 Å². The monoisotopic (exact) mass is 357 g/mol. The summed E-state index contributed by atoms with van der Waals surface area (Å²) in [6.45, 7) is 3.20. The third-order valence-electron chi connectivity index (χ3n) is 4.04. The maximum Gasteiger partial charge on any atom is 0.303 e. The Morgan fingerprint density at radius 2 is 1.76 bits per heavy atom. The molecule has 1 aliphatic carbocycles. The van der Waals surface area contributed by atoms with Gasteiger partial charge in [0.05, 0.1) is 10.9 Å². The lowest BCUT2D eigenvalue weighted by atomic mass is 9.91. The highest BCUT2D eigenvalue weighted by atomic mass is 32.2. The fourth-order valence-electron chi connectivity index (χ4n) is 2.81. The molecule has 0 spiro atoms. The van der Waals surface area contributed by atoms with Crippen LogP contribution in [0.25, 0.3) is 6.08 Å². The largest absolute Gasteiger partial charge is 0.456 e. The van der Waals surface area contributed by atoms with Crippen LogP contribution in [0.15, 0.2) is 59.5 Å². The normalized spacial score (nSPS) is 19.3. The summed E-state index contributed by atoms with van der Waals surface area (Å²) in [6, 6.07) is 13.3. The molecule has 3 rings (SSSR count). The lowest BCUT2D eigenvalue weighted by molar-refractivity contribution is -0.145. The van der Waals surface area contributed by atoms with Gasteiger partial charge in [0.25, 0.3) is 0 Å². The molecule has 0 fully saturated rings. The Morgan fingerprint density at radius 3 is 2.44 bits per heavy atom. The Labute approximate surface area is 147 Å². The van der Waals surface area contributed by atoms with Crippen LogP contribution in [-0.2, 0) is 19.6 Å². The zero-order valence-electron chi connectivity index (χ0n) is 14.0.